The van der Waals surface area contributed by atoms with Gasteiger partial charge in [-0.25, -0.2) is 0 Å². The van der Waals surface area contributed by atoms with Gasteiger partial charge >= 0.3 is 0 Å². The summed E-state index contributed by atoms with van der Waals surface area (Å²) in [4.78, 5) is 4.32. The van der Waals surface area contributed by atoms with Crippen LogP contribution in [0, 0.1) is 5.92 Å². The molecule has 0 saturated heterocycles. The molecule has 0 aromatic heterocycles. The van der Waals surface area contributed by atoms with Crippen molar-refractivity contribution in [1.82, 2.24) is 10.6 Å². The first-order chi connectivity index (χ1) is 8.80. The number of hydrogen-bond acceptors (Lipinski definition) is 2. The summed E-state index contributed by atoms with van der Waals surface area (Å²) in [6.45, 7) is 3.33. The Morgan fingerprint density at radius 1 is 1.39 bits per heavy atom. The summed E-state index contributed by atoms with van der Waals surface area (Å²) in [5.74, 6) is 3.11. The zero-order valence-electron chi connectivity index (χ0n) is 12.2. The van der Waals surface area contributed by atoms with Crippen molar-refractivity contribution in [3.8, 4) is 0 Å². The summed E-state index contributed by atoms with van der Waals surface area (Å²) in [5, 5.41) is 6.99. The number of aliphatic imine (C=N–C) groups is 1. The van der Waals surface area contributed by atoms with E-state index in [1.807, 2.05) is 18.8 Å². The Hall–Kier alpha value is -0.380. The minimum Gasteiger partial charge on any atom is -0.356 e. The molecule has 0 radical (unpaired) electrons. The van der Waals surface area contributed by atoms with E-state index < -0.39 is 0 Å². The van der Waals surface area contributed by atoms with Gasteiger partial charge in [-0.05, 0) is 37.2 Å². The molecular formula is C14H29N3S. The molecule has 1 saturated carbocycles. The van der Waals surface area contributed by atoms with Crippen LogP contribution in [-0.2, 0) is 0 Å². The van der Waals surface area contributed by atoms with Crippen LogP contribution in [0.25, 0.3) is 0 Å². The van der Waals surface area contributed by atoms with Gasteiger partial charge in [-0.3, -0.25) is 4.99 Å². The molecule has 4 heteroatoms. The van der Waals surface area contributed by atoms with Gasteiger partial charge in [0, 0.05) is 19.6 Å². The minimum absolute atomic E-state index is 0.621. The number of thioether (sulfide) groups is 1. The molecule has 3 nitrogen and oxygen atoms in total. The second-order valence-corrected chi connectivity index (χ2v) is 6.11. The maximum Gasteiger partial charge on any atom is 0.191 e. The fraction of sp³-hybridized carbons (Fsp3) is 0.929. The van der Waals surface area contributed by atoms with Crippen LogP contribution in [0.3, 0.4) is 0 Å². The number of nitrogens with zero attached hydrogens (tertiary/aromatic N) is 1. The Balaban J connectivity index is 2.25. The van der Waals surface area contributed by atoms with Crippen LogP contribution in [0.1, 0.15) is 45.4 Å². The third-order valence-electron chi connectivity index (χ3n) is 3.74. The van der Waals surface area contributed by atoms with E-state index in [9.17, 15) is 0 Å². The Morgan fingerprint density at radius 3 is 2.89 bits per heavy atom. The van der Waals surface area contributed by atoms with Gasteiger partial charge in [0.2, 0.25) is 0 Å². The van der Waals surface area contributed by atoms with Crippen LogP contribution in [0.5, 0.6) is 0 Å². The third-order valence-corrected chi connectivity index (χ3v) is 4.44. The van der Waals surface area contributed by atoms with E-state index in [0.717, 1.165) is 18.4 Å². The number of nitrogens with one attached hydrogen (secondary N) is 2. The predicted octanol–water partition coefficient (Wildman–Crippen LogP) is 2.87. The molecule has 0 spiro atoms. The number of guanidine groups is 1. The van der Waals surface area contributed by atoms with Crippen molar-refractivity contribution in [3.63, 3.8) is 0 Å². The first-order valence-corrected chi connectivity index (χ1v) is 8.65. The van der Waals surface area contributed by atoms with Gasteiger partial charge in [-0.15, -0.1) is 0 Å². The summed E-state index contributed by atoms with van der Waals surface area (Å²) in [6.07, 6.45) is 10.0. The highest BCUT2D eigenvalue weighted by molar-refractivity contribution is 7.98. The zero-order chi connectivity index (χ0) is 13.2. The molecule has 0 aromatic rings. The van der Waals surface area contributed by atoms with Crippen molar-refractivity contribution in [2.75, 3.05) is 25.6 Å². The SMILES string of the molecule is CCC1CCCC(NC(=NC)NCCCSC)C1. The standard InChI is InChI=1S/C14H29N3S/c1-4-12-7-5-8-13(11-12)17-14(15-2)16-9-6-10-18-3/h12-13H,4-11H2,1-3H3,(H2,15,16,17). The predicted molar refractivity (Wildman–Crippen MR) is 83.5 cm³/mol. The topological polar surface area (TPSA) is 36.4 Å². The average Bonchev–Trinajstić information content (AvgIpc) is 2.42. The molecule has 2 atom stereocenters. The van der Waals surface area contributed by atoms with Crippen LogP contribution in [0.4, 0.5) is 0 Å². The fourth-order valence-corrected chi connectivity index (χ4v) is 3.04. The van der Waals surface area contributed by atoms with Crippen LogP contribution >= 0.6 is 11.8 Å². The van der Waals surface area contributed by atoms with Crippen LogP contribution in [-0.4, -0.2) is 37.6 Å². The van der Waals surface area contributed by atoms with E-state index in [2.05, 4.69) is 28.8 Å². The molecule has 1 aliphatic carbocycles. The molecular weight excluding hydrogens is 242 g/mol. The van der Waals surface area contributed by atoms with Crippen molar-refractivity contribution in [2.45, 2.75) is 51.5 Å². The molecule has 2 unspecified atom stereocenters. The first-order valence-electron chi connectivity index (χ1n) is 7.26. The monoisotopic (exact) mass is 271 g/mol. The third kappa shape index (κ3) is 5.98. The van der Waals surface area contributed by atoms with E-state index in [1.165, 1.54) is 44.3 Å². The molecule has 18 heavy (non-hydrogen) atoms. The van der Waals surface area contributed by atoms with Crippen molar-refractivity contribution < 1.29 is 0 Å². The van der Waals surface area contributed by atoms with Crippen molar-refractivity contribution in [3.05, 3.63) is 0 Å². The van der Waals surface area contributed by atoms with Crippen molar-refractivity contribution in [1.29, 1.82) is 0 Å². The second-order valence-electron chi connectivity index (χ2n) is 5.13. The van der Waals surface area contributed by atoms with Crippen LogP contribution in [0.15, 0.2) is 4.99 Å². The molecule has 0 bridgehead atoms. The molecule has 1 rings (SSSR count). The lowest BCUT2D eigenvalue weighted by Crippen LogP contribution is -2.45. The Bertz CT molecular complexity index is 243. The molecule has 106 valence electrons. The Labute approximate surface area is 117 Å². The lowest BCUT2D eigenvalue weighted by molar-refractivity contribution is 0.298. The van der Waals surface area contributed by atoms with E-state index in [4.69, 9.17) is 0 Å². The van der Waals surface area contributed by atoms with Crippen LogP contribution in [0.2, 0.25) is 0 Å². The minimum atomic E-state index is 0.621. The maximum atomic E-state index is 4.32. The van der Waals surface area contributed by atoms with Gasteiger partial charge in [0.1, 0.15) is 0 Å². The van der Waals surface area contributed by atoms with Gasteiger partial charge in [0.15, 0.2) is 5.96 Å². The van der Waals surface area contributed by atoms with Gasteiger partial charge < -0.3 is 10.6 Å². The normalized spacial score (nSPS) is 24.9. The Kier molecular flexibility index (Phi) is 8.31. The zero-order valence-corrected chi connectivity index (χ0v) is 13.0. The maximum absolute atomic E-state index is 4.32. The molecule has 0 aliphatic heterocycles. The van der Waals surface area contributed by atoms with Crippen molar-refractivity contribution >= 4 is 17.7 Å². The molecule has 0 amide bonds. The van der Waals surface area contributed by atoms with Gasteiger partial charge in [-0.2, -0.15) is 11.8 Å². The van der Waals surface area contributed by atoms with Gasteiger partial charge in [0.25, 0.3) is 0 Å². The summed E-state index contributed by atoms with van der Waals surface area (Å²) < 4.78 is 0. The molecule has 1 aliphatic rings. The van der Waals surface area contributed by atoms with E-state index in [1.54, 1.807) is 0 Å². The summed E-state index contributed by atoms with van der Waals surface area (Å²) in [7, 11) is 1.87. The number of hydrogen-bond donors (Lipinski definition) is 2. The smallest absolute Gasteiger partial charge is 0.191 e. The molecule has 0 aromatic carbocycles. The van der Waals surface area contributed by atoms with Crippen LogP contribution < -0.4 is 10.6 Å². The van der Waals surface area contributed by atoms with Gasteiger partial charge in [0.05, 0.1) is 0 Å². The quantitative estimate of drug-likeness (QED) is 0.443. The van der Waals surface area contributed by atoms with Crippen molar-refractivity contribution in [2.24, 2.45) is 10.9 Å². The lowest BCUT2D eigenvalue weighted by Gasteiger charge is -2.30. The highest BCUT2D eigenvalue weighted by atomic mass is 32.2. The summed E-state index contributed by atoms with van der Waals surface area (Å²) in [5.41, 5.74) is 0. The van der Waals surface area contributed by atoms with E-state index in [0.29, 0.717) is 6.04 Å². The fourth-order valence-electron chi connectivity index (χ4n) is 2.60. The highest BCUT2D eigenvalue weighted by Crippen LogP contribution is 2.26. The second kappa shape index (κ2) is 9.54. The lowest BCUT2D eigenvalue weighted by atomic mass is 9.84. The molecule has 1 fully saturated rings. The summed E-state index contributed by atoms with van der Waals surface area (Å²) in [6, 6.07) is 0.621. The van der Waals surface area contributed by atoms with Gasteiger partial charge in [-0.1, -0.05) is 26.2 Å². The first kappa shape index (κ1) is 15.7. The number of rotatable bonds is 6. The van der Waals surface area contributed by atoms with E-state index >= 15 is 0 Å². The van der Waals surface area contributed by atoms with E-state index in [-0.39, 0.29) is 0 Å². The highest BCUT2D eigenvalue weighted by Gasteiger charge is 2.21. The molecule has 2 N–H and O–H groups in total. The Morgan fingerprint density at radius 2 is 2.22 bits per heavy atom. The largest absolute Gasteiger partial charge is 0.356 e. The molecule has 0 heterocycles. The average molecular weight is 271 g/mol. The summed E-state index contributed by atoms with van der Waals surface area (Å²) >= 11 is 1.90.